The fraction of sp³-hybridized carbons (Fsp3) is 0.250. The van der Waals surface area contributed by atoms with E-state index in [1.807, 2.05) is 12.1 Å². The zero-order valence-electron chi connectivity index (χ0n) is 9.67. The molecule has 0 spiro atoms. The van der Waals surface area contributed by atoms with Crippen molar-refractivity contribution >= 4 is 11.6 Å². The van der Waals surface area contributed by atoms with Crippen LogP contribution in [0, 0.1) is 22.7 Å². The smallest absolute Gasteiger partial charge is 0.262 e. The molecule has 6 nitrogen and oxygen atoms in total. The lowest BCUT2D eigenvalue weighted by Gasteiger charge is -2.16. The van der Waals surface area contributed by atoms with Gasteiger partial charge in [-0.05, 0) is 12.1 Å². The highest BCUT2D eigenvalue weighted by Gasteiger charge is 2.13. The predicted octanol–water partition coefficient (Wildman–Crippen LogP) is 0.523. The van der Waals surface area contributed by atoms with Crippen LogP contribution in [0.1, 0.15) is 0 Å². The summed E-state index contributed by atoms with van der Waals surface area (Å²) in [6.45, 7) is -0.494. The molecule has 1 aromatic carbocycles. The Morgan fingerprint density at radius 3 is 2.56 bits per heavy atom. The Hall–Kier alpha value is -2.73. The molecule has 0 saturated heterocycles. The number of hydrogen-bond acceptors (Lipinski definition) is 5. The minimum Gasteiger partial charge on any atom is -0.484 e. The zero-order valence-corrected chi connectivity index (χ0v) is 9.67. The van der Waals surface area contributed by atoms with Crippen LogP contribution in [0.15, 0.2) is 24.3 Å². The summed E-state index contributed by atoms with van der Waals surface area (Å²) >= 11 is 0. The second-order valence-corrected chi connectivity index (χ2v) is 3.43. The van der Waals surface area contributed by atoms with Crippen LogP contribution >= 0.6 is 0 Å². The quantitative estimate of drug-likeness (QED) is 0.600. The standard InChI is InChI=1S/C12H12N4O2/c13-4-6-16(7-5-14)12(17)9-18-11-3-1-2-10(15)8-11/h1-3,8H,6-7,9,15H2. The first-order valence-electron chi connectivity index (χ1n) is 5.17. The lowest BCUT2D eigenvalue weighted by Crippen LogP contribution is -2.35. The molecule has 0 aliphatic carbocycles. The van der Waals surface area contributed by atoms with Crippen molar-refractivity contribution in [3.8, 4) is 17.9 Å². The molecule has 0 fully saturated rings. The van der Waals surface area contributed by atoms with Crippen LogP contribution in [0.25, 0.3) is 0 Å². The van der Waals surface area contributed by atoms with Crippen LogP contribution in [0.5, 0.6) is 5.75 Å². The average Bonchev–Trinajstić information content (AvgIpc) is 2.36. The molecule has 0 aromatic heterocycles. The van der Waals surface area contributed by atoms with E-state index < -0.39 is 5.91 Å². The van der Waals surface area contributed by atoms with Gasteiger partial charge in [0.1, 0.15) is 18.8 Å². The third-order valence-corrected chi connectivity index (χ3v) is 2.10. The monoisotopic (exact) mass is 244 g/mol. The highest BCUT2D eigenvalue weighted by atomic mass is 16.5. The minimum atomic E-state index is -0.416. The van der Waals surface area contributed by atoms with Gasteiger partial charge in [-0.25, -0.2) is 0 Å². The van der Waals surface area contributed by atoms with Gasteiger partial charge in [-0.15, -0.1) is 0 Å². The Bertz CT molecular complexity index is 486. The van der Waals surface area contributed by atoms with Crippen LogP contribution in [0.3, 0.4) is 0 Å². The number of hydrogen-bond donors (Lipinski definition) is 1. The van der Waals surface area contributed by atoms with Crippen molar-refractivity contribution in [2.45, 2.75) is 0 Å². The first-order chi connectivity index (χ1) is 8.67. The minimum absolute atomic E-state index is 0.132. The molecule has 2 N–H and O–H groups in total. The van der Waals surface area contributed by atoms with Crippen molar-refractivity contribution in [3.63, 3.8) is 0 Å². The summed E-state index contributed by atoms with van der Waals surface area (Å²) in [5.74, 6) is 0.0535. The molecular weight excluding hydrogens is 232 g/mol. The molecule has 18 heavy (non-hydrogen) atoms. The fourth-order valence-electron chi connectivity index (χ4n) is 1.24. The van der Waals surface area contributed by atoms with Gasteiger partial charge in [0.15, 0.2) is 6.61 Å². The highest BCUT2D eigenvalue weighted by molar-refractivity contribution is 5.78. The van der Waals surface area contributed by atoms with Crippen LogP contribution in [0.4, 0.5) is 5.69 Å². The van der Waals surface area contributed by atoms with Crippen LogP contribution in [-0.2, 0) is 4.79 Å². The number of nitrogen functional groups attached to an aromatic ring is 1. The largest absolute Gasteiger partial charge is 0.484 e. The number of carbonyl (C=O) groups excluding carboxylic acids is 1. The number of benzene rings is 1. The Morgan fingerprint density at radius 2 is 2.00 bits per heavy atom. The summed E-state index contributed by atoms with van der Waals surface area (Å²) in [6.07, 6.45) is 0. The Kier molecular flexibility index (Phi) is 5.01. The molecule has 0 atom stereocenters. The SMILES string of the molecule is N#CCN(CC#N)C(=O)COc1cccc(N)c1. The highest BCUT2D eigenvalue weighted by Crippen LogP contribution is 2.14. The summed E-state index contributed by atoms with van der Waals surface area (Å²) < 4.78 is 5.23. The van der Waals surface area contributed by atoms with Gasteiger partial charge in [0.25, 0.3) is 5.91 Å². The number of nitriles is 2. The van der Waals surface area contributed by atoms with Crippen molar-refractivity contribution in [2.24, 2.45) is 0 Å². The van der Waals surface area contributed by atoms with Gasteiger partial charge in [-0.3, -0.25) is 4.79 Å². The summed E-state index contributed by atoms with van der Waals surface area (Å²) in [4.78, 5) is 12.8. The summed E-state index contributed by atoms with van der Waals surface area (Å²) in [5, 5.41) is 17.0. The molecule has 0 aliphatic heterocycles. The Balaban J connectivity index is 2.54. The molecule has 0 saturated carbocycles. The molecule has 0 unspecified atom stereocenters. The number of amides is 1. The lowest BCUT2D eigenvalue weighted by atomic mass is 10.3. The second-order valence-electron chi connectivity index (χ2n) is 3.43. The number of rotatable bonds is 5. The van der Waals surface area contributed by atoms with E-state index in [0.717, 1.165) is 4.90 Å². The Morgan fingerprint density at radius 1 is 1.33 bits per heavy atom. The van der Waals surface area contributed by atoms with Gasteiger partial charge < -0.3 is 15.4 Å². The molecule has 6 heteroatoms. The van der Waals surface area contributed by atoms with Gasteiger partial charge in [-0.1, -0.05) is 6.07 Å². The number of nitrogens with two attached hydrogens (primary N) is 1. The summed E-state index contributed by atoms with van der Waals surface area (Å²) in [6, 6.07) is 10.3. The van der Waals surface area contributed by atoms with E-state index >= 15 is 0 Å². The Labute approximate surface area is 105 Å². The van der Waals surface area contributed by atoms with Crippen molar-refractivity contribution < 1.29 is 9.53 Å². The molecule has 0 aliphatic rings. The molecule has 92 valence electrons. The molecule has 1 rings (SSSR count). The van der Waals surface area contributed by atoms with Crippen LogP contribution in [-0.4, -0.2) is 30.5 Å². The molecule has 1 aromatic rings. The van der Waals surface area contributed by atoms with E-state index in [1.54, 1.807) is 24.3 Å². The third kappa shape index (κ3) is 4.03. The topological polar surface area (TPSA) is 103 Å². The van der Waals surface area contributed by atoms with E-state index in [9.17, 15) is 4.79 Å². The maximum atomic E-state index is 11.6. The molecule has 0 heterocycles. The fourth-order valence-corrected chi connectivity index (χ4v) is 1.24. The normalized spacial score (nSPS) is 9.00. The van der Waals surface area contributed by atoms with E-state index in [0.29, 0.717) is 11.4 Å². The van der Waals surface area contributed by atoms with E-state index in [4.69, 9.17) is 21.0 Å². The first-order valence-corrected chi connectivity index (χ1v) is 5.17. The van der Waals surface area contributed by atoms with E-state index in [1.165, 1.54) is 0 Å². The van der Waals surface area contributed by atoms with Gasteiger partial charge in [0.05, 0.1) is 12.1 Å². The van der Waals surface area contributed by atoms with Gasteiger partial charge in [-0.2, -0.15) is 10.5 Å². The summed E-state index contributed by atoms with van der Waals surface area (Å²) in [7, 11) is 0. The second kappa shape index (κ2) is 6.77. The van der Waals surface area contributed by atoms with Crippen molar-refractivity contribution in [1.29, 1.82) is 10.5 Å². The zero-order chi connectivity index (χ0) is 13.4. The molecule has 0 bridgehead atoms. The predicted molar refractivity (Wildman–Crippen MR) is 64.2 cm³/mol. The van der Waals surface area contributed by atoms with Gasteiger partial charge in [0, 0.05) is 11.8 Å². The maximum absolute atomic E-state index is 11.6. The first kappa shape index (κ1) is 13.3. The van der Waals surface area contributed by atoms with Crippen LogP contribution in [0.2, 0.25) is 0 Å². The maximum Gasteiger partial charge on any atom is 0.262 e. The molecular formula is C12H12N4O2. The molecule has 0 radical (unpaired) electrons. The van der Waals surface area contributed by atoms with Crippen LogP contribution < -0.4 is 10.5 Å². The number of anilines is 1. The third-order valence-electron chi connectivity index (χ3n) is 2.10. The number of ether oxygens (including phenoxy) is 1. The van der Waals surface area contributed by atoms with Crippen molar-refractivity contribution in [2.75, 3.05) is 25.4 Å². The number of nitrogens with zero attached hydrogens (tertiary/aromatic N) is 3. The number of carbonyl (C=O) groups is 1. The van der Waals surface area contributed by atoms with Crippen molar-refractivity contribution in [3.05, 3.63) is 24.3 Å². The van der Waals surface area contributed by atoms with Gasteiger partial charge >= 0.3 is 0 Å². The average molecular weight is 244 g/mol. The van der Waals surface area contributed by atoms with E-state index in [2.05, 4.69) is 0 Å². The lowest BCUT2D eigenvalue weighted by molar-refractivity contribution is -0.132. The summed E-state index contributed by atoms with van der Waals surface area (Å²) in [5.41, 5.74) is 6.09. The van der Waals surface area contributed by atoms with Crippen molar-refractivity contribution in [1.82, 2.24) is 4.90 Å². The van der Waals surface area contributed by atoms with E-state index in [-0.39, 0.29) is 19.7 Å². The van der Waals surface area contributed by atoms with Gasteiger partial charge in [0.2, 0.25) is 0 Å². The molecule has 1 amide bonds.